The molecule has 0 spiro atoms. The molecule has 1 aromatic rings. The Morgan fingerprint density at radius 3 is 2.32 bits per heavy atom. The van der Waals surface area contributed by atoms with E-state index in [9.17, 15) is 4.79 Å². The summed E-state index contributed by atoms with van der Waals surface area (Å²) in [5, 5.41) is 12.6. The van der Waals surface area contributed by atoms with Gasteiger partial charge in [-0.15, -0.1) is 0 Å². The van der Waals surface area contributed by atoms with Crippen LogP contribution in [-0.2, 0) is 4.79 Å². The van der Waals surface area contributed by atoms with Crippen LogP contribution in [0.15, 0.2) is 29.4 Å². The van der Waals surface area contributed by atoms with E-state index in [1.54, 1.807) is 0 Å². The summed E-state index contributed by atoms with van der Waals surface area (Å²) in [4.78, 5) is 13.9. The van der Waals surface area contributed by atoms with Gasteiger partial charge in [0.2, 0.25) is 5.12 Å². The fourth-order valence-electron chi connectivity index (χ4n) is 1.60. The topological polar surface area (TPSA) is 52.9 Å². The van der Waals surface area contributed by atoms with Gasteiger partial charge >= 0.3 is 0 Å². The van der Waals surface area contributed by atoms with E-state index in [4.69, 9.17) is 5.21 Å². The van der Waals surface area contributed by atoms with Crippen molar-refractivity contribution in [2.75, 3.05) is 19.6 Å². The van der Waals surface area contributed by atoms with Crippen molar-refractivity contribution < 1.29 is 10.0 Å². The van der Waals surface area contributed by atoms with Crippen LogP contribution < -0.4 is 0 Å². The van der Waals surface area contributed by atoms with Gasteiger partial charge in [-0.1, -0.05) is 48.8 Å². The zero-order valence-corrected chi connectivity index (χ0v) is 12.4. The molecule has 4 nitrogen and oxygen atoms in total. The molecular weight excluding hydrogens is 260 g/mol. The number of rotatable bonds is 5. The van der Waals surface area contributed by atoms with E-state index in [0.29, 0.717) is 11.6 Å². The quantitative estimate of drug-likeness (QED) is 0.390. The third-order valence-electron chi connectivity index (χ3n) is 2.85. The highest BCUT2D eigenvalue weighted by Gasteiger charge is 2.14. The first-order valence-electron chi connectivity index (χ1n) is 6.32. The SMILES string of the molecule is CCN(CC)CC(=O)S/C(=N\O)c1ccc(C)cc1. The van der Waals surface area contributed by atoms with E-state index in [0.717, 1.165) is 36.0 Å². The molecule has 0 amide bonds. The summed E-state index contributed by atoms with van der Waals surface area (Å²) in [5.74, 6) is 0. The first kappa shape index (κ1) is 15.7. The highest BCUT2D eigenvalue weighted by molar-refractivity contribution is 8.26. The average Bonchev–Trinajstić information content (AvgIpc) is 2.43. The summed E-state index contributed by atoms with van der Waals surface area (Å²) < 4.78 is 0. The van der Waals surface area contributed by atoms with Crippen LogP contribution in [0.2, 0.25) is 0 Å². The lowest BCUT2D eigenvalue weighted by Gasteiger charge is -2.16. The van der Waals surface area contributed by atoms with Crippen molar-refractivity contribution in [3.8, 4) is 0 Å². The predicted molar refractivity (Wildman–Crippen MR) is 79.9 cm³/mol. The van der Waals surface area contributed by atoms with E-state index in [1.165, 1.54) is 0 Å². The average molecular weight is 280 g/mol. The summed E-state index contributed by atoms with van der Waals surface area (Å²) in [6, 6.07) is 7.55. The van der Waals surface area contributed by atoms with Gasteiger partial charge in [-0.05, 0) is 31.8 Å². The lowest BCUT2D eigenvalue weighted by Crippen LogP contribution is -2.28. The summed E-state index contributed by atoms with van der Waals surface area (Å²) >= 11 is 0.982. The van der Waals surface area contributed by atoms with Gasteiger partial charge in [0, 0.05) is 5.56 Å². The van der Waals surface area contributed by atoms with Crippen LogP contribution >= 0.6 is 11.8 Å². The Balaban J connectivity index is 2.67. The summed E-state index contributed by atoms with van der Waals surface area (Å²) in [6.45, 7) is 8.05. The standard InChI is InChI=1S/C14H20N2O2S/c1-4-16(5-2)10-13(17)19-14(15-18)12-8-6-11(3)7-9-12/h6-9,18H,4-5,10H2,1-3H3/b15-14-. The zero-order valence-electron chi connectivity index (χ0n) is 11.6. The number of oxime groups is 1. The maximum absolute atomic E-state index is 11.9. The van der Waals surface area contributed by atoms with Gasteiger partial charge < -0.3 is 5.21 Å². The number of hydrogen-bond donors (Lipinski definition) is 1. The second kappa shape index (κ2) is 7.96. The summed E-state index contributed by atoms with van der Waals surface area (Å²) in [6.07, 6.45) is 0. The van der Waals surface area contributed by atoms with E-state index >= 15 is 0 Å². The number of carbonyl (C=O) groups is 1. The van der Waals surface area contributed by atoms with Gasteiger partial charge in [0.15, 0.2) is 5.04 Å². The number of aryl methyl sites for hydroxylation is 1. The van der Waals surface area contributed by atoms with Crippen LogP contribution in [0, 0.1) is 6.92 Å². The number of nitrogens with zero attached hydrogens (tertiary/aromatic N) is 2. The molecule has 0 aliphatic heterocycles. The van der Waals surface area contributed by atoms with Crippen LogP contribution in [0.4, 0.5) is 0 Å². The zero-order chi connectivity index (χ0) is 14.3. The van der Waals surface area contributed by atoms with E-state index in [-0.39, 0.29) is 5.12 Å². The molecule has 5 heteroatoms. The number of thioether (sulfide) groups is 1. The van der Waals surface area contributed by atoms with Crippen molar-refractivity contribution in [2.45, 2.75) is 20.8 Å². The molecule has 0 aromatic heterocycles. The minimum atomic E-state index is -0.0166. The van der Waals surface area contributed by atoms with Crippen molar-refractivity contribution in [3.05, 3.63) is 35.4 Å². The van der Waals surface area contributed by atoms with Crippen molar-refractivity contribution in [3.63, 3.8) is 0 Å². The Labute approximate surface area is 118 Å². The van der Waals surface area contributed by atoms with Crippen LogP contribution in [-0.4, -0.2) is 39.9 Å². The molecule has 0 aliphatic rings. The molecule has 0 fully saturated rings. The highest BCUT2D eigenvalue weighted by Crippen LogP contribution is 2.16. The van der Waals surface area contributed by atoms with E-state index in [1.807, 2.05) is 49.9 Å². The molecule has 0 heterocycles. The molecule has 0 saturated heterocycles. The van der Waals surface area contributed by atoms with Gasteiger partial charge in [-0.25, -0.2) is 0 Å². The molecule has 104 valence electrons. The fourth-order valence-corrected chi connectivity index (χ4v) is 2.36. The van der Waals surface area contributed by atoms with Crippen molar-refractivity contribution in [1.29, 1.82) is 0 Å². The Kier molecular flexibility index (Phi) is 6.59. The Hall–Kier alpha value is -1.33. The van der Waals surface area contributed by atoms with Crippen LogP contribution in [0.25, 0.3) is 0 Å². The molecule has 0 bridgehead atoms. The molecule has 19 heavy (non-hydrogen) atoms. The van der Waals surface area contributed by atoms with Gasteiger partial charge in [-0.3, -0.25) is 9.69 Å². The fraction of sp³-hybridized carbons (Fsp3) is 0.429. The molecule has 0 aliphatic carbocycles. The van der Waals surface area contributed by atoms with Crippen LogP contribution in [0.3, 0.4) is 0 Å². The molecule has 1 rings (SSSR count). The molecular formula is C14H20N2O2S. The van der Waals surface area contributed by atoms with E-state index < -0.39 is 0 Å². The van der Waals surface area contributed by atoms with Gasteiger partial charge in [0.05, 0.1) is 6.54 Å². The molecule has 1 N–H and O–H groups in total. The van der Waals surface area contributed by atoms with Crippen LogP contribution in [0.5, 0.6) is 0 Å². The summed E-state index contributed by atoms with van der Waals surface area (Å²) in [5.41, 5.74) is 1.88. The van der Waals surface area contributed by atoms with Crippen molar-refractivity contribution in [1.82, 2.24) is 4.90 Å². The molecule has 0 radical (unpaired) electrons. The number of likely N-dealkylation sites (N-methyl/N-ethyl adjacent to an activating group) is 1. The molecule has 0 unspecified atom stereocenters. The first-order chi connectivity index (χ1) is 9.10. The number of carbonyl (C=O) groups excluding carboxylic acids is 1. The third-order valence-corrected chi connectivity index (χ3v) is 3.71. The maximum Gasteiger partial charge on any atom is 0.209 e. The molecule has 1 aromatic carbocycles. The lowest BCUT2D eigenvalue weighted by atomic mass is 10.2. The Morgan fingerprint density at radius 1 is 1.26 bits per heavy atom. The number of benzene rings is 1. The largest absolute Gasteiger partial charge is 0.410 e. The monoisotopic (exact) mass is 280 g/mol. The van der Waals surface area contributed by atoms with Gasteiger partial charge in [0.1, 0.15) is 0 Å². The normalized spacial score (nSPS) is 11.9. The smallest absolute Gasteiger partial charge is 0.209 e. The second-order valence-corrected chi connectivity index (χ2v) is 5.25. The minimum Gasteiger partial charge on any atom is -0.410 e. The van der Waals surface area contributed by atoms with Crippen LogP contribution in [0.1, 0.15) is 25.0 Å². The van der Waals surface area contributed by atoms with Crippen molar-refractivity contribution >= 4 is 21.9 Å². The minimum absolute atomic E-state index is 0.0166. The third kappa shape index (κ3) is 5.04. The van der Waals surface area contributed by atoms with Crippen molar-refractivity contribution in [2.24, 2.45) is 5.16 Å². The maximum atomic E-state index is 11.9. The summed E-state index contributed by atoms with van der Waals surface area (Å²) in [7, 11) is 0. The lowest BCUT2D eigenvalue weighted by molar-refractivity contribution is -0.111. The number of hydrogen-bond acceptors (Lipinski definition) is 5. The Bertz CT molecular complexity index is 439. The van der Waals surface area contributed by atoms with Gasteiger partial charge in [0.25, 0.3) is 0 Å². The second-order valence-electron chi connectivity index (χ2n) is 4.21. The predicted octanol–water partition coefficient (Wildman–Crippen LogP) is 2.73. The Morgan fingerprint density at radius 2 is 1.84 bits per heavy atom. The molecule has 0 saturated carbocycles. The van der Waals surface area contributed by atoms with E-state index in [2.05, 4.69) is 5.16 Å². The van der Waals surface area contributed by atoms with Gasteiger partial charge in [-0.2, -0.15) is 0 Å². The molecule has 0 atom stereocenters. The first-order valence-corrected chi connectivity index (χ1v) is 7.14. The highest BCUT2D eigenvalue weighted by atomic mass is 32.2.